The van der Waals surface area contributed by atoms with Crippen molar-refractivity contribution < 1.29 is 4.74 Å². The molecule has 0 radical (unpaired) electrons. The molecule has 1 fully saturated rings. The minimum absolute atomic E-state index is 0.166. The van der Waals surface area contributed by atoms with Crippen LogP contribution in [0.1, 0.15) is 26.7 Å². The number of ether oxygens (including phenoxy) is 1. The monoisotopic (exact) mass is 330 g/mol. The molecule has 2 heterocycles. The molecule has 4 nitrogen and oxygen atoms in total. The molecule has 0 aliphatic carbocycles. The second-order valence-electron chi connectivity index (χ2n) is 5.97. The quantitative estimate of drug-likeness (QED) is 0.855. The van der Waals surface area contributed by atoms with Gasteiger partial charge in [-0.15, -0.1) is 0 Å². The third kappa shape index (κ3) is 3.91. The second-order valence-corrected chi connectivity index (χ2v) is 6.98. The van der Waals surface area contributed by atoms with Crippen LogP contribution >= 0.6 is 11.3 Å². The average Bonchev–Trinajstić information content (AvgIpc) is 2.56. The van der Waals surface area contributed by atoms with Crippen LogP contribution in [0.25, 0.3) is 10.4 Å². The van der Waals surface area contributed by atoms with Gasteiger partial charge in [-0.05, 0) is 55.5 Å². The molecule has 1 aromatic heterocycles. The Hall–Kier alpha value is -1.88. The summed E-state index contributed by atoms with van der Waals surface area (Å²) in [7, 11) is 0. The Morgan fingerprint density at radius 2 is 1.96 bits per heavy atom. The molecule has 0 spiro atoms. The van der Waals surface area contributed by atoms with Gasteiger partial charge in [-0.3, -0.25) is 4.79 Å². The largest absolute Gasteiger partial charge is 0.494 e. The van der Waals surface area contributed by atoms with Gasteiger partial charge in [0, 0.05) is 24.0 Å². The van der Waals surface area contributed by atoms with Crippen molar-refractivity contribution in [3.05, 3.63) is 40.7 Å². The SMILES string of the molecule is CCOc1ccc(-c2cc(=O)nc(N3CCC(C)CC3)s2)cc1. The number of anilines is 1. The Balaban J connectivity index is 1.86. The van der Waals surface area contributed by atoms with Gasteiger partial charge in [-0.1, -0.05) is 18.3 Å². The average molecular weight is 330 g/mol. The molecule has 0 saturated carbocycles. The molecule has 0 amide bonds. The topological polar surface area (TPSA) is 42.4 Å². The third-order valence-electron chi connectivity index (χ3n) is 4.17. The van der Waals surface area contributed by atoms with Crippen LogP contribution < -0.4 is 15.2 Å². The molecule has 2 aromatic rings. The van der Waals surface area contributed by atoms with E-state index < -0.39 is 0 Å². The number of piperidine rings is 1. The summed E-state index contributed by atoms with van der Waals surface area (Å²) in [6.07, 6.45) is 2.33. The predicted molar refractivity (Wildman–Crippen MR) is 95.6 cm³/mol. The first kappa shape index (κ1) is 16.0. The molecule has 122 valence electrons. The highest BCUT2D eigenvalue weighted by Gasteiger charge is 2.18. The number of nitrogens with zero attached hydrogens (tertiary/aromatic N) is 2. The molecule has 5 heteroatoms. The lowest BCUT2D eigenvalue weighted by atomic mass is 10.00. The van der Waals surface area contributed by atoms with Crippen LogP contribution in [0.5, 0.6) is 5.75 Å². The van der Waals surface area contributed by atoms with Gasteiger partial charge in [0.2, 0.25) is 0 Å². The highest BCUT2D eigenvalue weighted by atomic mass is 32.1. The van der Waals surface area contributed by atoms with E-state index in [2.05, 4.69) is 16.8 Å². The van der Waals surface area contributed by atoms with Gasteiger partial charge in [0.15, 0.2) is 5.13 Å². The first-order chi connectivity index (χ1) is 11.2. The third-order valence-corrected chi connectivity index (χ3v) is 5.27. The van der Waals surface area contributed by atoms with Crippen LogP contribution in [-0.4, -0.2) is 24.7 Å². The maximum Gasteiger partial charge on any atom is 0.273 e. The fourth-order valence-electron chi connectivity index (χ4n) is 2.75. The summed E-state index contributed by atoms with van der Waals surface area (Å²) in [5.41, 5.74) is 0.867. The van der Waals surface area contributed by atoms with Crippen LogP contribution in [0.4, 0.5) is 5.13 Å². The van der Waals surface area contributed by atoms with Crippen LogP contribution in [0.15, 0.2) is 35.1 Å². The molecule has 0 bridgehead atoms. The van der Waals surface area contributed by atoms with E-state index in [1.54, 1.807) is 17.4 Å². The Kier molecular flexibility index (Phi) is 4.96. The second kappa shape index (κ2) is 7.13. The molecule has 0 atom stereocenters. The van der Waals surface area contributed by atoms with Crippen LogP contribution in [0.3, 0.4) is 0 Å². The van der Waals surface area contributed by atoms with Gasteiger partial charge in [0.25, 0.3) is 5.56 Å². The van der Waals surface area contributed by atoms with E-state index in [0.29, 0.717) is 6.61 Å². The van der Waals surface area contributed by atoms with Crippen molar-refractivity contribution in [2.45, 2.75) is 26.7 Å². The molecular weight excluding hydrogens is 308 g/mol. The Morgan fingerprint density at radius 1 is 1.26 bits per heavy atom. The summed E-state index contributed by atoms with van der Waals surface area (Å²) in [5.74, 6) is 1.61. The van der Waals surface area contributed by atoms with E-state index in [4.69, 9.17) is 4.74 Å². The van der Waals surface area contributed by atoms with Gasteiger partial charge in [0.05, 0.1) is 6.61 Å². The number of benzene rings is 1. The van der Waals surface area contributed by atoms with E-state index >= 15 is 0 Å². The highest BCUT2D eigenvalue weighted by molar-refractivity contribution is 7.18. The van der Waals surface area contributed by atoms with Gasteiger partial charge in [-0.2, -0.15) is 4.98 Å². The summed E-state index contributed by atoms with van der Waals surface area (Å²) < 4.78 is 5.47. The van der Waals surface area contributed by atoms with Crippen LogP contribution in [-0.2, 0) is 0 Å². The number of rotatable bonds is 4. The van der Waals surface area contributed by atoms with Crippen molar-refractivity contribution in [2.75, 3.05) is 24.6 Å². The van der Waals surface area contributed by atoms with Gasteiger partial charge >= 0.3 is 0 Å². The molecule has 1 aliphatic rings. The molecule has 1 aromatic carbocycles. The van der Waals surface area contributed by atoms with E-state index in [0.717, 1.165) is 53.2 Å². The van der Waals surface area contributed by atoms with E-state index in [-0.39, 0.29) is 5.56 Å². The Labute approximate surface area is 140 Å². The maximum absolute atomic E-state index is 12.0. The van der Waals surface area contributed by atoms with Gasteiger partial charge in [0.1, 0.15) is 5.75 Å². The summed E-state index contributed by atoms with van der Waals surface area (Å²) in [5, 5.41) is 0.841. The lowest BCUT2D eigenvalue weighted by molar-refractivity contribution is 0.340. The predicted octanol–water partition coefficient (Wildman–Crippen LogP) is 3.81. The van der Waals surface area contributed by atoms with Gasteiger partial charge < -0.3 is 9.64 Å². The first-order valence-corrected chi connectivity index (χ1v) is 8.97. The Bertz CT molecular complexity index is 704. The molecule has 1 saturated heterocycles. The fraction of sp³-hybridized carbons (Fsp3) is 0.444. The molecular formula is C18H22N2O2S. The van der Waals surface area contributed by atoms with E-state index in [9.17, 15) is 4.79 Å². The lowest BCUT2D eigenvalue weighted by Crippen LogP contribution is -2.33. The zero-order chi connectivity index (χ0) is 16.2. The first-order valence-electron chi connectivity index (χ1n) is 8.16. The van der Waals surface area contributed by atoms with Crippen LogP contribution in [0.2, 0.25) is 0 Å². The smallest absolute Gasteiger partial charge is 0.273 e. The van der Waals surface area contributed by atoms with E-state index in [1.807, 2.05) is 31.2 Å². The number of hydrogen-bond acceptors (Lipinski definition) is 5. The van der Waals surface area contributed by atoms with Crippen molar-refractivity contribution in [3.8, 4) is 16.2 Å². The number of hydrogen-bond donors (Lipinski definition) is 0. The van der Waals surface area contributed by atoms with Crippen molar-refractivity contribution in [1.29, 1.82) is 0 Å². The molecule has 3 rings (SSSR count). The summed E-state index contributed by atoms with van der Waals surface area (Å²) >= 11 is 1.59. The summed E-state index contributed by atoms with van der Waals surface area (Å²) in [4.78, 5) is 19.4. The molecule has 23 heavy (non-hydrogen) atoms. The van der Waals surface area contributed by atoms with Crippen LogP contribution in [0, 0.1) is 5.92 Å². The fourth-order valence-corrected chi connectivity index (χ4v) is 3.81. The molecule has 1 aliphatic heterocycles. The lowest BCUT2D eigenvalue weighted by Gasteiger charge is -2.30. The normalized spacial score (nSPS) is 15.7. The van der Waals surface area contributed by atoms with Crippen molar-refractivity contribution in [1.82, 2.24) is 4.98 Å². The molecule has 0 unspecified atom stereocenters. The summed E-state index contributed by atoms with van der Waals surface area (Å²) in [6.45, 7) is 6.87. The highest BCUT2D eigenvalue weighted by Crippen LogP contribution is 2.31. The van der Waals surface area contributed by atoms with Crippen molar-refractivity contribution >= 4 is 16.5 Å². The molecule has 0 N–H and O–H groups in total. The zero-order valence-corrected chi connectivity index (χ0v) is 14.4. The van der Waals surface area contributed by atoms with E-state index in [1.165, 1.54) is 0 Å². The Morgan fingerprint density at radius 3 is 2.61 bits per heavy atom. The zero-order valence-electron chi connectivity index (χ0n) is 13.6. The van der Waals surface area contributed by atoms with Gasteiger partial charge in [-0.25, -0.2) is 0 Å². The minimum Gasteiger partial charge on any atom is -0.494 e. The number of aromatic nitrogens is 1. The van der Waals surface area contributed by atoms with Crippen molar-refractivity contribution in [3.63, 3.8) is 0 Å². The van der Waals surface area contributed by atoms with Crippen molar-refractivity contribution in [2.24, 2.45) is 5.92 Å². The minimum atomic E-state index is -0.166. The maximum atomic E-state index is 12.0. The summed E-state index contributed by atoms with van der Waals surface area (Å²) in [6, 6.07) is 9.50. The standard InChI is InChI=1S/C18H22N2O2S/c1-3-22-15-6-4-14(5-7-15)16-12-17(21)19-18(23-16)20-10-8-13(2)9-11-20/h4-7,12-13H,3,8-11H2,1-2H3.